The van der Waals surface area contributed by atoms with Crippen molar-refractivity contribution >= 4 is 54.1 Å². The molecule has 0 saturated heterocycles. The minimum atomic E-state index is 0.639. The highest BCUT2D eigenvalue weighted by atomic mass is 32.1. The van der Waals surface area contributed by atoms with E-state index < -0.39 is 0 Å². The summed E-state index contributed by atoms with van der Waals surface area (Å²) >= 11 is 1.86. The van der Waals surface area contributed by atoms with Gasteiger partial charge in [-0.25, -0.2) is 0 Å². The Morgan fingerprint density at radius 1 is 0.578 bits per heavy atom. The average Bonchev–Trinajstić information content (AvgIpc) is 3.47. The van der Waals surface area contributed by atoms with E-state index in [1.165, 1.54) is 60.0 Å². The number of benzene rings is 6. The summed E-state index contributed by atoms with van der Waals surface area (Å²) in [6.07, 6.45) is 2.20. The molecule has 1 heterocycles. The van der Waals surface area contributed by atoms with Crippen LogP contribution in [0.5, 0.6) is 0 Å². The summed E-state index contributed by atoms with van der Waals surface area (Å²) < 4.78 is 2.62. The summed E-state index contributed by atoms with van der Waals surface area (Å²) in [5, 5.41) is 2.63. The first-order valence-electron chi connectivity index (χ1n) is 15.8. The SMILES string of the molecule is C=C(CC(C)CC)c1cccc(-c2ccc(N(c3ccc(-c4ccccc4)cc3)c3ccc4c(c3)sc3ccccc34)cc2)c1. The van der Waals surface area contributed by atoms with Crippen molar-refractivity contribution in [1.29, 1.82) is 0 Å². The van der Waals surface area contributed by atoms with E-state index in [1.807, 2.05) is 11.3 Å². The van der Waals surface area contributed by atoms with Gasteiger partial charge in [-0.1, -0.05) is 124 Å². The maximum absolute atomic E-state index is 4.41. The molecule has 0 fully saturated rings. The Morgan fingerprint density at radius 2 is 1.16 bits per heavy atom. The van der Waals surface area contributed by atoms with Crippen LogP contribution in [0.4, 0.5) is 17.1 Å². The lowest BCUT2D eigenvalue weighted by molar-refractivity contribution is 0.580. The minimum absolute atomic E-state index is 0.639. The fraction of sp³-hybridized carbons (Fsp3) is 0.116. The van der Waals surface area contributed by atoms with E-state index >= 15 is 0 Å². The molecule has 1 nitrogen and oxygen atoms in total. The third-order valence-electron chi connectivity index (χ3n) is 8.87. The molecule has 0 amide bonds. The largest absolute Gasteiger partial charge is 0.310 e. The smallest absolute Gasteiger partial charge is 0.0476 e. The van der Waals surface area contributed by atoms with Gasteiger partial charge in [0.1, 0.15) is 0 Å². The number of hydrogen-bond acceptors (Lipinski definition) is 2. The van der Waals surface area contributed by atoms with E-state index in [0.29, 0.717) is 5.92 Å². The number of rotatable bonds is 9. The molecule has 1 unspecified atom stereocenters. The number of hydrogen-bond donors (Lipinski definition) is 0. The van der Waals surface area contributed by atoms with Gasteiger partial charge in [-0.15, -0.1) is 11.3 Å². The van der Waals surface area contributed by atoms with Gasteiger partial charge in [0, 0.05) is 37.2 Å². The van der Waals surface area contributed by atoms with E-state index in [2.05, 4.69) is 171 Å². The first-order valence-corrected chi connectivity index (χ1v) is 16.6. The van der Waals surface area contributed by atoms with Crippen LogP contribution in [0.25, 0.3) is 48.0 Å². The van der Waals surface area contributed by atoms with Crippen molar-refractivity contribution in [2.45, 2.75) is 26.7 Å². The normalized spacial score (nSPS) is 12.0. The third kappa shape index (κ3) is 5.94. The highest BCUT2D eigenvalue weighted by Gasteiger charge is 2.16. The number of anilines is 3. The van der Waals surface area contributed by atoms with Crippen molar-refractivity contribution in [3.8, 4) is 22.3 Å². The predicted molar refractivity (Wildman–Crippen MR) is 198 cm³/mol. The summed E-state index contributed by atoms with van der Waals surface area (Å²) in [5.74, 6) is 0.639. The summed E-state index contributed by atoms with van der Waals surface area (Å²) in [4.78, 5) is 2.37. The van der Waals surface area contributed by atoms with Gasteiger partial charge in [-0.05, 0) is 94.3 Å². The maximum atomic E-state index is 4.41. The van der Waals surface area contributed by atoms with Crippen LogP contribution in [0.1, 0.15) is 32.3 Å². The molecule has 7 aromatic rings. The van der Waals surface area contributed by atoms with Crippen molar-refractivity contribution in [3.63, 3.8) is 0 Å². The Morgan fingerprint density at radius 3 is 1.87 bits per heavy atom. The van der Waals surface area contributed by atoms with E-state index in [9.17, 15) is 0 Å². The van der Waals surface area contributed by atoms with Crippen LogP contribution < -0.4 is 4.90 Å². The Labute approximate surface area is 270 Å². The quantitative estimate of drug-likeness (QED) is 0.160. The zero-order chi connectivity index (χ0) is 30.8. The summed E-state index contributed by atoms with van der Waals surface area (Å²) in [7, 11) is 0. The van der Waals surface area contributed by atoms with Gasteiger partial charge in [0.25, 0.3) is 0 Å². The molecule has 2 heteroatoms. The topological polar surface area (TPSA) is 3.24 Å². The number of nitrogens with zero attached hydrogens (tertiary/aromatic N) is 1. The van der Waals surface area contributed by atoms with E-state index in [0.717, 1.165) is 23.5 Å². The second-order valence-corrected chi connectivity index (χ2v) is 13.1. The van der Waals surface area contributed by atoms with Crippen molar-refractivity contribution < 1.29 is 0 Å². The highest BCUT2D eigenvalue weighted by molar-refractivity contribution is 7.25. The lowest BCUT2D eigenvalue weighted by Crippen LogP contribution is -2.09. The number of fused-ring (bicyclic) bond motifs is 3. The van der Waals surface area contributed by atoms with E-state index in [-0.39, 0.29) is 0 Å². The first-order chi connectivity index (χ1) is 22.1. The monoisotopic (exact) mass is 599 g/mol. The molecule has 0 saturated carbocycles. The van der Waals surface area contributed by atoms with Crippen LogP contribution >= 0.6 is 11.3 Å². The van der Waals surface area contributed by atoms with Crippen molar-refractivity contribution in [2.75, 3.05) is 4.90 Å². The maximum Gasteiger partial charge on any atom is 0.0476 e. The predicted octanol–water partition coefficient (Wildman–Crippen LogP) is 13.3. The molecule has 0 N–H and O–H groups in total. The Hall–Kier alpha value is -4.92. The zero-order valence-corrected chi connectivity index (χ0v) is 26.7. The Bertz CT molecular complexity index is 2090. The van der Waals surface area contributed by atoms with Crippen molar-refractivity contribution in [3.05, 3.63) is 158 Å². The van der Waals surface area contributed by atoms with E-state index in [1.54, 1.807) is 0 Å². The lowest BCUT2D eigenvalue weighted by Gasteiger charge is -2.26. The molecule has 0 radical (unpaired) electrons. The fourth-order valence-corrected chi connectivity index (χ4v) is 7.28. The second-order valence-electron chi connectivity index (χ2n) is 12.0. The molecule has 0 aliphatic heterocycles. The summed E-state index contributed by atoms with van der Waals surface area (Å²) in [6.45, 7) is 8.95. The minimum Gasteiger partial charge on any atom is -0.310 e. The Balaban J connectivity index is 1.27. The van der Waals surface area contributed by atoms with Crippen molar-refractivity contribution in [2.24, 2.45) is 5.92 Å². The highest BCUT2D eigenvalue weighted by Crippen LogP contribution is 2.41. The molecule has 0 aliphatic carbocycles. The molecule has 1 aromatic heterocycles. The molecule has 45 heavy (non-hydrogen) atoms. The van der Waals surface area contributed by atoms with Gasteiger partial charge in [-0.3, -0.25) is 0 Å². The van der Waals surface area contributed by atoms with Gasteiger partial charge in [0.2, 0.25) is 0 Å². The van der Waals surface area contributed by atoms with Crippen LogP contribution in [0.3, 0.4) is 0 Å². The second kappa shape index (κ2) is 12.6. The van der Waals surface area contributed by atoms with Gasteiger partial charge in [0.05, 0.1) is 0 Å². The fourth-order valence-electron chi connectivity index (χ4n) is 6.14. The average molecular weight is 600 g/mol. The zero-order valence-electron chi connectivity index (χ0n) is 25.9. The number of thiophene rings is 1. The lowest BCUT2D eigenvalue weighted by atomic mass is 9.93. The molecule has 0 aliphatic rings. The van der Waals surface area contributed by atoms with Crippen LogP contribution in [0.15, 0.2) is 152 Å². The standard InChI is InChI=1S/C43H37NS/c1-4-30(2)27-31(3)35-13-10-14-36(28-35)34-19-23-38(24-20-34)44(37-21-17-33(18-22-37)32-11-6-5-7-12-32)39-25-26-41-40-15-8-9-16-42(40)45-43(41)29-39/h5-26,28-30H,3-4,27H2,1-2H3. The summed E-state index contributed by atoms with van der Waals surface area (Å²) in [5.41, 5.74) is 10.7. The molecule has 1 atom stereocenters. The van der Waals surface area contributed by atoms with Crippen LogP contribution in [0, 0.1) is 5.92 Å². The van der Waals surface area contributed by atoms with Crippen molar-refractivity contribution in [1.82, 2.24) is 0 Å². The van der Waals surface area contributed by atoms with Gasteiger partial charge in [-0.2, -0.15) is 0 Å². The molecular weight excluding hydrogens is 563 g/mol. The molecular formula is C43H37NS. The number of allylic oxidation sites excluding steroid dienone is 1. The van der Waals surface area contributed by atoms with Gasteiger partial charge in [0.15, 0.2) is 0 Å². The van der Waals surface area contributed by atoms with Crippen LogP contribution in [0.2, 0.25) is 0 Å². The molecule has 7 rings (SSSR count). The molecule has 0 bridgehead atoms. The first kappa shape index (κ1) is 28.8. The van der Waals surface area contributed by atoms with Gasteiger partial charge >= 0.3 is 0 Å². The third-order valence-corrected chi connectivity index (χ3v) is 10.0. The molecule has 0 spiro atoms. The van der Waals surface area contributed by atoms with Crippen LogP contribution in [-0.4, -0.2) is 0 Å². The molecule has 220 valence electrons. The molecule has 6 aromatic carbocycles. The Kier molecular flexibility index (Phi) is 8.07. The van der Waals surface area contributed by atoms with Gasteiger partial charge < -0.3 is 4.90 Å². The summed E-state index contributed by atoms with van der Waals surface area (Å²) in [6, 6.07) is 52.9. The van der Waals surface area contributed by atoms with Crippen LogP contribution in [-0.2, 0) is 0 Å². The van der Waals surface area contributed by atoms with E-state index in [4.69, 9.17) is 0 Å².